The number of hydrogen-bond acceptors (Lipinski definition) is 2. The van der Waals surface area contributed by atoms with E-state index in [0.717, 1.165) is 19.6 Å². The number of benzene rings is 1. The van der Waals surface area contributed by atoms with Crippen molar-refractivity contribution in [2.45, 2.75) is 40.3 Å². The van der Waals surface area contributed by atoms with Crippen LogP contribution in [0.25, 0.3) is 0 Å². The van der Waals surface area contributed by atoms with E-state index in [9.17, 15) is 0 Å². The van der Waals surface area contributed by atoms with E-state index in [4.69, 9.17) is 0 Å². The van der Waals surface area contributed by atoms with Crippen LogP contribution in [0.2, 0.25) is 0 Å². The van der Waals surface area contributed by atoms with Crippen molar-refractivity contribution < 1.29 is 0 Å². The van der Waals surface area contributed by atoms with E-state index in [1.165, 1.54) is 11.1 Å². The number of nitrogens with zero attached hydrogens (tertiary/aromatic N) is 1. The Labute approximate surface area is 112 Å². The molecule has 0 spiro atoms. The Morgan fingerprint density at radius 2 is 2.00 bits per heavy atom. The molecular weight excluding hydrogens is 220 g/mol. The zero-order valence-corrected chi connectivity index (χ0v) is 12.5. The van der Waals surface area contributed by atoms with Gasteiger partial charge in [-0.1, -0.05) is 43.7 Å². The van der Waals surface area contributed by atoms with Gasteiger partial charge in [-0.3, -0.25) is 4.90 Å². The van der Waals surface area contributed by atoms with Crippen molar-refractivity contribution >= 4 is 0 Å². The summed E-state index contributed by atoms with van der Waals surface area (Å²) in [6, 6.07) is 9.37. The first-order chi connectivity index (χ1) is 8.54. The van der Waals surface area contributed by atoms with Crippen molar-refractivity contribution in [2.24, 2.45) is 5.92 Å². The molecule has 0 saturated heterocycles. The summed E-state index contributed by atoms with van der Waals surface area (Å²) in [4.78, 5) is 2.44. The highest BCUT2D eigenvalue weighted by molar-refractivity contribution is 5.22. The summed E-state index contributed by atoms with van der Waals surface area (Å²) in [5, 5.41) is 3.43. The Bertz CT molecular complexity index is 349. The van der Waals surface area contributed by atoms with E-state index >= 15 is 0 Å². The predicted octanol–water partition coefficient (Wildman–Crippen LogP) is 3.06. The molecular formula is C16H28N2. The van der Waals surface area contributed by atoms with Crippen LogP contribution in [-0.4, -0.2) is 31.1 Å². The minimum absolute atomic E-state index is 0.588. The van der Waals surface area contributed by atoms with Gasteiger partial charge in [-0.05, 0) is 45.5 Å². The van der Waals surface area contributed by atoms with Gasteiger partial charge in [0, 0.05) is 12.6 Å². The molecule has 0 aliphatic carbocycles. The van der Waals surface area contributed by atoms with Crippen molar-refractivity contribution in [1.82, 2.24) is 10.2 Å². The minimum atomic E-state index is 0.588. The standard InChI is InChI=1S/C16H28N2/c1-6-17-11-14(3)15(4)18(5)12-16-9-7-8-13(2)10-16/h7-10,14-15,17H,6,11-12H2,1-5H3. The molecule has 1 aromatic rings. The molecule has 0 saturated carbocycles. The summed E-state index contributed by atoms with van der Waals surface area (Å²) < 4.78 is 0. The lowest BCUT2D eigenvalue weighted by Gasteiger charge is -2.30. The number of aryl methyl sites for hydroxylation is 1. The van der Waals surface area contributed by atoms with E-state index in [2.05, 4.69) is 69.2 Å². The molecule has 0 aliphatic rings. The lowest BCUT2D eigenvalue weighted by molar-refractivity contribution is 0.189. The third-order valence-corrected chi connectivity index (χ3v) is 3.75. The second-order valence-corrected chi connectivity index (χ2v) is 5.43. The molecule has 2 nitrogen and oxygen atoms in total. The summed E-state index contributed by atoms with van der Waals surface area (Å²) >= 11 is 0. The fraction of sp³-hybridized carbons (Fsp3) is 0.625. The first-order valence-corrected chi connectivity index (χ1v) is 7.01. The van der Waals surface area contributed by atoms with Gasteiger partial charge >= 0.3 is 0 Å². The molecule has 2 unspecified atom stereocenters. The average Bonchev–Trinajstić information content (AvgIpc) is 2.35. The average molecular weight is 248 g/mol. The molecule has 1 aromatic carbocycles. The van der Waals surface area contributed by atoms with Gasteiger partial charge in [-0.25, -0.2) is 0 Å². The van der Waals surface area contributed by atoms with Gasteiger partial charge in [0.1, 0.15) is 0 Å². The topological polar surface area (TPSA) is 15.3 Å². The molecule has 1 rings (SSSR count). The minimum Gasteiger partial charge on any atom is -0.317 e. The van der Waals surface area contributed by atoms with Gasteiger partial charge < -0.3 is 5.32 Å². The van der Waals surface area contributed by atoms with Gasteiger partial charge in [0.15, 0.2) is 0 Å². The largest absolute Gasteiger partial charge is 0.317 e. The first kappa shape index (κ1) is 15.2. The number of hydrogen-bond donors (Lipinski definition) is 1. The van der Waals surface area contributed by atoms with Crippen molar-refractivity contribution in [3.63, 3.8) is 0 Å². The lowest BCUT2D eigenvalue weighted by atomic mass is 10.0. The van der Waals surface area contributed by atoms with Gasteiger partial charge in [-0.2, -0.15) is 0 Å². The fourth-order valence-electron chi connectivity index (χ4n) is 2.22. The zero-order chi connectivity index (χ0) is 13.5. The van der Waals surface area contributed by atoms with E-state index in [-0.39, 0.29) is 0 Å². The number of rotatable bonds is 7. The van der Waals surface area contributed by atoms with Gasteiger partial charge in [0.2, 0.25) is 0 Å². The molecule has 0 heterocycles. The predicted molar refractivity (Wildman–Crippen MR) is 79.8 cm³/mol. The van der Waals surface area contributed by atoms with Crippen molar-refractivity contribution in [1.29, 1.82) is 0 Å². The molecule has 18 heavy (non-hydrogen) atoms. The second-order valence-electron chi connectivity index (χ2n) is 5.43. The van der Waals surface area contributed by atoms with Crippen molar-refractivity contribution in [3.8, 4) is 0 Å². The molecule has 2 heteroatoms. The summed E-state index contributed by atoms with van der Waals surface area (Å²) in [5.41, 5.74) is 2.74. The maximum absolute atomic E-state index is 3.43. The van der Waals surface area contributed by atoms with Crippen LogP contribution >= 0.6 is 0 Å². The quantitative estimate of drug-likeness (QED) is 0.798. The highest BCUT2D eigenvalue weighted by atomic mass is 15.1. The third-order valence-electron chi connectivity index (χ3n) is 3.75. The van der Waals surface area contributed by atoms with Gasteiger partial charge in [-0.15, -0.1) is 0 Å². The Morgan fingerprint density at radius 1 is 1.28 bits per heavy atom. The van der Waals surface area contributed by atoms with Crippen LogP contribution < -0.4 is 5.32 Å². The maximum Gasteiger partial charge on any atom is 0.0233 e. The molecule has 0 aliphatic heterocycles. The summed E-state index contributed by atoms with van der Waals surface area (Å²) in [6.07, 6.45) is 0. The Hall–Kier alpha value is -0.860. The van der Waals surface area contributed by atoms with Crippen LogP contribution in [0, 0.1) is 12.8 Å². The highest BCUT2D eigenvalue weighted by Gasteiger charge is 2.16. The molecule has 0 radical (unpaired) electrons. The zero-order valence-electron chi connectivity index (χ0n) is 12.5. The van der Waals surface area contributed by atoms with Crippen LogP contribution in [0.5, 0.6) is 0 Å². The molecule has 0 fully saturated rings. The Morgan fingerprint density at radius 3 is 2.61 bits per heavy atom. The Kier molecular flexibility index (Phi) is 6.37. The van der Waals surface area contributed by atoms with Crippen molar-refractivity contribution in [2.75, 3.05) is 20.1 Å². The van der Waals surface area contributed by atoms with E-state index in [1.54, 1.807) is 0 Å². The summed E-state index contributed by atoms with van der Waals surface area (Å²) in [5.74, 6) is 0.666. The van der Waals surface area contributed by atoms with E-state index in [0.29, 0.717) is 12.0 Å². The first-order valence-electron chi connectivity index (χ1n) is 7.01. The highest BCUT2D eigenvalue weighted by Crippen LogP contribution is 2.13. The lowest BCUT2D eigenvalue weighted by Crippen LogP contribution is -2.38. The SMILES string of the molecule is CCNCC(C)C(C)N(C)Cc1cccc(C)c1. The molecule has 2 atom stereocenters. The normalized spacial score (nSPS) is 14.8. The van der Waals surface area contributed by atoms with Crippen LogP contribution in [-0.2, 0) is 6.54 Å². The molecule has 1 N–H and O–H groups in total. The maximum atomic E-state index is 3.43. The van der Waals surface area contributed by atoms with E-state index in [1.807, 2.05) is 0 Å². The third kappa shape index (κ3) is 4.79. The molecule has 0 bridgehead atoms. The van der Waals surface area contributed by atoms with Crippen molar-refractivity contribution in [3.05, 3.63) is 35.4 Å². The summed E-state index contributed by atoms with van der Waals surface area (Å²) in [7, 11) is 2.22. The molecule has 0 amide bonds. The van der Waals surface area contributed by atoms with E-state index < -0.39 is 0 Å². The number of nitrogens with one attached hydrogen (secondary N) is 1. The molecule has 102 valence electrons. The second kappa shape index (κ2) is 7.55. The summed E-state index contributed by atoms with van der Waals surface area (Å²) in [6.45, 7) is 12.1. The van der Waals surface area contributed by atoms with Crippen LogP contribution in [0.15, 0.2) is 24.3 Å². The van der Waals surface area contributed by atoms with Crippen LogP contribution in [0.1, 0.15) is 31.9 Å². The molecule has 0 aromatic heterocycles. The smallest absolute Gasteiger partial charge is 0.0233 e. The fourth-order valence-corrected chi connectivity index (χ4v) is 2.22. The van der Waals surface area contributed by atoms with Crippen LogP contribution in [0.4, 0.5) is 0 Å². The van der Waals surface area contributed by atoms with Gasteiger partial charge in [0.05, 0.1) is 0 Å². The monoisotopic (exact) mass is 248 g/mol. The van der Waals surface area contributed by atoms with Crippen LogP contribution in [0.3, 0.4) is 0 Å². The Balaban J connectivity index is 2.51. The van der Waals surface area contributed by atoms with Gasteiger partial charge in [0.25, 0.3) is 0 Å².